The Morgan fingerprint density at radius 1 is 0.127 bits per heavy atom. The van der Waals surface area contributed by atoms with Crippen molar-refractivity contribution >= 4 is 86.2 Å². The van der Waals surface area contributed by atoms with Gasteiger partial charge in [0.05, 0.1) is 10.8 Å². The first-order valence-electron chi connectivity index (χ1n) is 46.9. The highest BCUT2D eigenvalue weighted by molar-refractivity contribution is 6.23. The predicted octanol–water partition coefficient (Wildman–Crippen LogP) is 35.9. The Balaban J connectivity index is 0.0000000999. The molecule has 0 atom stereocenters. The maximum atomic E-state index is 2.48. The van der Waals surface area contributed by atoms with Crippen molar-refractivity contribution in [1.29, 1.82) is 0 Å². The number of hydrogen-bond acceptors (Lipinski definition) is 0. The largest absolute Gasteiger partial charge is 0.0725 e. The molecule has 0 aromatic heterocycles. The fourth-order valence-corrected chi connectivity index (χ4v) is 23.5. The average Bonchev–Trinajstić information content (AvgIpc) is 1.50. The lowest BCUT2D eigenvalue weighted by Gasteiger charge is -2.34. The molecule has 0 N–H and O–H groups in total. The van der Waals surface area contributed by atoms with Crippen LogP contribution in [-0.2, 0) is 10.8 Å². The first-order valence-corrected chi connectivity index (χ1v) is 46.9. The first-order chi connectivity index (χ1) is 66.2. The Morgan fingerprint density at radius 2 is 0.381 bits per heavy atom. The quantitative estimate of drug-likeness (QED) is 0.133. The van der Waals surface area contributed by atoms with E-state index in [9.17, 15) is 0 Å². The molecule has 1 spiro atoms. The monoisotopic (exact) mass is 1700 g/mol. The van der Waals surface area contributed by atoms with Crippen LogP contribution in [0.15, 0.2) is 497 Å². The van der Waals surface area contributed by atoms with E-state index in [0.29, 0.717) is 0 Å². The molecule has 27 rings (SSSR count). The zero-order valence-corrected chi connectivity index (χ0v) is 75.3. The van der Waals surface area contributed by atoms with Crippen molar-refractivity contribution in [2.45, 2.75) is 38.5 Å². The average molecular weight is 1700 g/mol. The maximum Gasteiger partial charge on any atom is 0.0725 e. The van der Waals surface area contributed by atoms with E-state index in [2.05, 4.69) is 525 Å². The van der Waals surface area contributed by atoms with Crippen molar-refractivity contribution in [2.75, 3.05) is 0 Å². The third-order valence-electron chi connectivity index (χ3n) is 29.2. The Kier molecular flexibility index (Phi) is 20.1. The topological polar surface area (TPSA) is 0 Å². The van der Waals surface area contributed by atoms with Gasteiger partial charge in [-0.25, -0.2) is 0 Å². The highest BCUT2D eigenvalue weighted by Gasteiger charge is 2.52. The summed E-state index contributed by atoms with van der Waals surface area (Å²) in [5.41, 5.74) is 38.9. The molecule has 134 heavy (non-hydrogen) atoms. The number of aryl methyl sites for hydroxylation is 4. The molecule has 0 aliphatic heterocycles. The van der Waals surface area contributed by atoms with Gasteiger partial charge in [0.2, 0.25) is 0 Å². The van der Waals surface area contributed by atoms with Gasteiger partial charge < -0.3 is 0 Å². The van der Waals surface area contributed by atoms with E-state index in [4.69, 9.17) is 0 Å². The van der Waals surface area contributed by atoms with Crippen LogP contribution in [0.3, 0.4) is 0 Å². The number of fused-ring (bicyclic) bond motifs is 21. The minimum atomic E-state index is -0.402. The van der Waals surface area contributed by atoms with Crippen molar-refractivity contribution in [2.24, 2.45) is 0 Å². The second kappa shape index (κ2) is 33.4. The summed E-state index contributed by atoms with van der Waals surface area (Å²) in [5.74, 6) is 0. The van der Waals surface area contributed by atoms with E-state index in [1.54, 1.807) is 0 Å². The Morgan fingerprint density at radius 3 is 0.791 bits per heavy atom. The lowest BCUT2D eigenvalue weighted by atomic mass is 9.67. The van der Waals surface area contributed by atoms with Crippen molar-refractivity contribution in [3.63, 3.8) is 0 Å². The summed E-state index contributed by atoms with van der Waals surface area (Å²) in [4.78, 5) is 0. The molecule has 24 aromatic rings. The van der Waals surface area contributed by atoms with Crippen LogP contribution in [-0.4, -0.2) is 0 Å². The molecule has 0 nitrogen and oxygen atoms in total. The Bertz CT molecular complexity index is 8470. The normalized spacial score (nSPS) is 12.6. The summed E-state index contributed by atoms with van der Waals surface area (Å²) in [5, 5.41) is 21.1. The van der Waals surface area contributed by atoms with E-state index < -0.39 is 5.41 Å². The first kappa shape index (κ1) is 80.7. The molecule has 24 aromatic carbocycles. The van der Waals surface area contributed by atoms with Gasteiger partial charge in [-0.15, -0.1) is 0 Å². The lowest BCUT2D eigenvalue weighted by Crippen LogP contribution is -2.28. The molecule has 0 radical (unpaired) electrons. The van der Waals surface area contributed by atoms with Crippen molar-refractivity contribution in [3.8, 4) is 100 Å². The van der Waals surface area contributed by atoms with E-state index in [1.807, 2.05) is 0 Å². The van der Waals surface area contributed by atoms with Crippen LogP contribution in [0.1, 0.15) is 66.8 Å². The van der Waals surface area contributed by atoms with E-state index in [-0.39, 0.29) is 5.41 Å². The second-order valence-electron chi connectivity index (χ2n) is 36.2. The molecule has 0 bridgehead atoms. The fourth-order valence-electron chi connectivity index (χ4n) is 23.5. The third-order valence-corrected chi connectivity index (χ3v) is 29.2. The minimum absolute atomic E-state index is 0.328. The maximum absolute atomic E-state index is 2.48. The molecule has 0 saturated heterocycles. The SMILES string of the molecule is Cc1c2ccccc2c(-c2ccc(-c3ccccc3)cc2)c2ccccc12.Cc1c2ccccc2c(-c2ccc3c(c2)C(c2ccccc2)(c2ccccc2)c2ccccc2-3)c2ccccc12.Cc1c2ccccc2c(-c2cccc3c2-c2ccccc2C32c3ccccc3-c3ccccc32)c2ccccc12.Cc1ccc2c(-c3ccccc3)c3ccccc3c(-c3ccccc3)c2c1. The van der Waals surface area contributed by atoms with Crippen LogP contribution in [0.5, 0.6) is 0 Å². The van der Waals surface area contributed by atoms with Crippen LogP contribution < -0.4 is 0 Å². The third kappa shape index (κ3) is 12.9. The van der Waals surface area contributed by atoms with Crippen molar-refractivity contribution in [1.82, 2.24) is 0 Å². The van der Waals surface area contributed by atoms with Gasteiger partial charge in [0, 0.05) is 0 Å². The summed E-state index contributed by atoms with van der Waals surface area (Å²) in [7, 11) is 0. The minimum Gasteiger partial charge on any atom is -0.0622 e. The Labute approximate surface area is 783 Å². The van der Waals surface area contributed by atoms with Crippen molar-refractivity contribution in [3.05, 3.63) is 564 Å². The highest BCUT2D eigenvalue weighted by Crippen LogP contribution is 2.65. The van der Waals surface area contributed by atoms with Crippen LogP contribution in [0, 0.1) is 27.7 Å². The van der Waals surface area contributed by atoms with Gasteiger partial charge in [0.1, 0.15) is 0 Å². The smallest absolute Gasteiger partial charge is 0.0622 e. The molecule has 630 valence electrons. The summed E-state index contributed by atoms with van der Waals surface area (Å²) in [6.45, 7) is 8.92. The zero-order chi connectivity index (χ0) is 89.5. The lowest BCUT2D eigenvalue weighted by molar-refractivity contribution is 0.769. The van der Waals surface area contributed by atoms with Gasteiger partial charge in [-0.05, 0) is 281 Å². The molecule has 0 amide bonds. The van der Waals surface area contributed by atoms with E-state index in [1.165, 1.54) is 253 Å². The zero-order valence-electron chi connectivity index (χ0n) is 75.3. The summed E-state index contributed by atoms with van der Waals surface area (Å²) >= 11 is 0. The van der Waals surface area contributed by atoms with E-state index >= 15 is 0 Å². The van der Waals surface area contributed by atoms with Crippen LogP contribution in [0.2, 0.25) is 0 Å². The van der Waals surface area contributed by atoms with Gasteiger partial charge in [0.15, 0.2) is 0 Å². The molecule has 3 aliphatic rings. The van der Waals surface area contributed by atoms with Crippen LogP contribution >= 0.6 is 0 Å². The molecule has 0 heteroatoms. The highest BCUT2D eigenvalue weighted by atomic mass is 14.5. The standard InChI is InChI=1S/C40H26.C40H28.2C27H20/c1-25-26-13-2-4-17-30(26)38(31-18-5-3-14-27(25)31)33-20-12-24-37-39(33)32-19-8-11-23-36(32)40(37)34-21-9-6-15-28(34)29-16-7-10-22-35(29)40;1-27-31-18-8-10-21-35(31)39(36-22-11-9-19-32(27)36)28-24-25-34-33-20-12-13-23-37(33)40(38(34)26-28,29-14-4-2-5-15-29)30-16-6-3-7-17-30;1-19-16-17-24-25(18-19)27(21-12-6-3-7-13-21)23-15-9-8-14-22(23)26(24)20-10-4-2-5-11-20;1-19-23-11-5-7-13-25(23)27(26-14-8-6-12-24(19)26)22-17-15-21(16-18-22)20-9-3-2-4-10-20/h2-24H,1H3;2-26H,1H3;2*2-18H,1H3. The van der Waals surface area contributed by atoms with Gasteiger partial charge in [-0.2, -0.15) is 0 Å². The van der Waals surface area contributed by atoms with Gasteiger partial charge in [-0.3, -0.25) is 0 Å². The fraction of sp³-hybridized carbons (Fsp3) is 0.0448. The van der Waals surface area contributed by atoms with E-state index in [0.717, 1.165) is 0 Å². The van der Waals surface area contributed by atoms with Gasteiger partial charge in [0.25, 0.3) is 0 Å². The van der Waals surface area contributed by atoms with Gasteiger partial charge in [-0.1, -0.05) is 497 Å². The second-order valence-corrected chi connectivity index (χ2v) is 36.2. The number of rotatable bonds is 8. The number of benzene rings is 24. The van der Waals surface area contributed by atoms with Crippen LogP contribution in [0.4, 0.5) is 0 Å². The van der Waals surface area contributed by atoms with Crippen molar-refractivity contribution < 1.29 is 0 Å². The predicted molar refractivity (Wildman–Crippen MR) is 571 cm³/mol. The van der Waals surface area contributed by atoms with Gasteiger partial charge >= 0.3 is 0 Å². The Hall–Kier alpha value is -16.6. The molecule has 0 fully saturated rings. The molecule has 3 aliphatic carbocycles. The summed E-state index contributed by atoms with van der Waals surface area (Å²) < 4.78 is 0. The molecule has 0 heterocycles. The molecule has 0 unspecified atom stereocenters. The number of hydrogen-bond donors (Lipinski definition) is 0. The molecule has 0 saturated carbocycles. The molecular formula is C134H94. The van der Waals surface area contributed by atoms with Crippen LogP contribution in [0.25, 0.3) is 186 Å². The summed E-state index contributed by atoms with van der Waals surface area (Å²) in [6.07, 6.45) is 0. The molecular weight excluding hydrogens is 1610 g/mol. The summed E-state index contributed by atoms with van der Waals surface area (Å²) in [6, 6.07) is 182.